The van der Waals surface area contributed by atoms with Crippen molar-refractivity contribution in [1.82, 2.24) is 10.2 Å². The predicted molar refractivity (Wildman–Crippen MR) is 46.1 cm³/mol. The summed E-state index contributed by atoms with van der Waals surface area (Å²) in [5.41, 5.74) is 0. The number of aliphatic hydroxyl groups excluding tert-OH is 1. The van der Waals surface area contributed by atoms with Crippen molar-refractivity contribution in [2.24, 2.45) is 0 Å². The minimum Gasteiger partial charge on any atom is -0.395 e. The summed E-state index contributed by atoms with van der Waals surface area (Å²) in [4.78, 5) is 11.4. The quantitative estimate of drug-likeness (QED) is 0.696. The lowest BCUT2D eigenvalue weighted by molar-refractivity contribution is -0.190. The summed E-state index contributed by atoms with van der Waals surface area (Å²) in [6.45, 7) is 1.73. The van der Waals surface area contributed by atoms with Crippen LogP contribution in [0.25, 0.3) is 0 Å². The van der Waals surface area contributed by atoms with Crippen LogP contribution in [0.2, 0.25) is 0 Å². The lowest BCUT2D eigenvalue weighted by atomic mass is 10.1. The molecule has 7 heteroatoms. The van der Waals surface area contributed by atoms with E-state index in [1.807, 2.05) is 0 Å². The molecule has 88 valence electrons. The van der Waals surface area contributed by atoms with E-state index in [4.69, 9.17) is 5.11 Å². The van der Waals surface area contributed by atoms with Gasteiger partial charge in [-0.15, -0.1) is 0 Å². The maximum Gasteiger partial charge on any atom is 0.471 e. The van der Waals surface area contributed by atoms with Crippen LogP contribution in [0.15, 0.2) is 0 Å². The molecule has 1 aliphatic rings. The van der Waals surface area contributed by atoms with E-state index in [9.17, 15) is 18.0 Å². The van der Waals surface area contributed by atoms with Crippen molar-refractivity contribution in [3.05, 3.63) is 0 Å². The molecule has 15 heavy (non-hydrogen) atoms. The normalized spacial score (nSPS) is 19.9. The van der Waals surface area contributed by atoms with Gasteiger partial charge in [-0.25, -0.2) is 0 Å². The molecule has 2 N–H and O–H groups in total. The average molecular weight is 226 g/mol. The van der Waals surface area contributed by atoms with E-state index in [2.05, 4.69) is 5.32 Å². The number of rotatable bonds is 3. The number of hydrogen-bond donors (Lipinski definition) is 2. The first-order valence-electron chi connectivity index (χ1n) is 4.57. The highest BCUT2D eigenvalue weighted by atomic mass is 19.4. The SMILES string of the molecule is CC(CO)NC1CN(C(=O)C(F)(F)F)C1. The van der Waals surface area contributed by atoms with Crippen molar-refractivity contribution in [3.8, 4) is 0 Å². The Labute approximate surface area is 85.1 Å². The number of aliphatic hydroxyl groups is 1. The molecule has 1 rings (SSSR count). The number of alkyl halides is 3. The molecule has 0 saturated carbocycles. The molecule has 0 aromatic heterocycles. The highest BCUT2D eigenvalue weighted by molar-refractivity contribution is 5.82. The van der Waals surface area contributed by atoms with Gasteiger partial charge in [0.25, 0.3) is 0 Å². The van der Waals surface area contributed by atoms with Crippen molar-refractivity contribution in [2.75, 3.05) is 19.7 Å². The number of carbonyl (C=O) groups excluding carboxylic acids is 1. The Morgan fingerprint density at radius 2 is 2.13 bits per heavy atom. The summed E-state index contributed by atoms with van der Waals surface area (Å²) < 4.78 is 35.8. The number of likely N-dealkylation sites (tertiary alicyclic amines) is 1. The third kappa shape index (κ3) is 3.07. The number of amides is 1. The molecule has 0 spiro atoms. The fourth-order valence-electron chi connectivity index (χ4n) is 1.38. The van der Waals surface area contributed by atoms with Gasteiger partial charge in [-0.05, 0) is 6.92 Å². The Kier molecular flexibility index (Phi) is 3.56. The van der Waals surface area contributed by atoms with E-state index in [1.54, 1.807) is 6.92 Å². The first kappa shape index (κ1) is 12.3. The number of carbonyl (C=O) groups is 1. The van der Waals surface area contributed by atoms with E-state index >= 15 is 0 Å². The van der Waals surface area contributed by atoms with Gasteiger partial charge in [-0.1, -0.05) is 0 Å². The molecule has 1 saturated heterocycles. The van der Waals surface area contributed by atoms with Gasteiger partial charge in [0.05, 0.1) is 6.61 Å². The second-order valence-corrected chi connectivity index (χ2v) is 3.66. The number of halogens is 3. The van der Waals surface area contributed by atoms with Gasteiger partial charge < -0.3 is 15.3 Å². The first-order valence-corrected chi connectivity index (χ1v) is 4.57. The molecule has 1 fully saturated rings. The molecule has 0 aromatic carbocycles. The largest absolute Gasteiger partial charge is 0.471 e. The lowest BCUT2D eigenvalue weighted by Crippen LogP contribution is -2.63. The first-order chi connectivity index (χ1) is 6.84. The molecule has 1 unspecified atom stereocenters. The summed E-state index contributed by atoms with van der Waals surface area (Å²) in [5.74, 6) is -1.79. The Morgan fingerprint density at radius 1 is 1.60 bits per heavy atom. The summed E-state index contributed by atoms with van der Waals surface area (Å²) in [6.07, 6.45) is -4.78. The highest BCUT2D eigenvalue weighted by Crippen LogP contribution is 2.22. The zero-order chi connectivity index (χ0) is 11.6. The minimum atomic E-state index is -4.78. The third-order valence-electron chi connectivity index (χ3n) is 2.21. The van der Waals surface area contributed by atoms with Crippen molar-refractivity contribution in [1.29, 1.82) is 0 Å². The third-order valence-corrected chi connectivity index (χ3v) is 2.21. The molecule has 1 aliphatic heterocycles. The Balaban J connectivity index is 2.29. The molecular weight excluding hydrogens is 213 g/mol. The monoisotopic (exact) mass is 226 g/mol. The van der Waals surface area contributed by atoms with Crippen LogP contribution < -0.4 is 5.32 Å². The van der Waals surface area contributed by atoms with Crippen molar-refractivity contribution >= 4 is 5.91 Å². The van der Waals surface area contributed by atoms with Crippen molar-refractivity contribution < 1.29 is 23.1 Å². The van der Waals surface area contributed by atoms with Gasteiger partial charge in [-0.3, -0.25) is 4.79 Å². The van der Waals surface area contributed by atoms with Crippen LogP contribution in [0.1, 0.15) is 6.92 Å². The predicted octanol–water partition coefficient (Wildman–Crippen LogP) is -0.270. The molecule has 4 nitrogen and oxygen atoms in total. The Morgan fingerprint density at radius 3 is 2.53 bits per heavy atom. The van der Waals surface area contributed by atoms with Crippen LogP contribution in [-0.4, -0.2) is 53.9 Å². The molecule has 1 atom stereocenters. The van der Waals surface area contributed by atoms with Gasteiger partial charge in [0.15, 0.2) is 0 Å². The Hall–Kier alpha value is -0.820. The smallest absolute Gasteiger partial charge is 0.395 e. The second-order valence-electron chi connectivity index (χ2n) is 3.66. The van der Waals surface area contributed by atoms with Gasteiger partial charge in [-0.2, -0.15) is 13.2 Å². The zero-order valence-electron chi connectivity index (χ0n) is 8.21. The average Bonchev–Trinajstić information content (AvgIpc) is 2.07. The summed E-state index contributed by atoms with van der Waals surface area (Å²) in [6, 6.07) is -0.323. The molecule has 0 radical (unpaired) electrons. The zero-order valence-corrected chi connectivity index (χ0v) is 8.21. The molecule has 0 aromatic rings. The van der Waals surface area contributed by atoms with Crippen molar-refractivity contribution in [3.63, 3.8) is 0 Å². The molecule has 1 heterocycles. The Bertz CT molecular complexity index is 239. The topological polar surface area (TPSA) is 52.6 Å². The van der Waals surface area contributed by atoms with Gasteiger partial charge in [0.1, 0.15) is 0 Å². The molecule has 0 bridgehead atoms. The number of nitrogens with one attached hydrogen (secondary N) is 1. The van der Waals surface area contributed by atoms with E-state index < -0.39 is 12.1 Å². The fraction of sp³-hybridized carbons (Fsp3) is 0.875. The molecule has 0 aliphatic carbocycles. The van der Waals surface area contributed by atoms with E-state index in [1.165, 1.54) is 0 Å². The fourth-order valence-corrected chi connectivity index (χ4v) is 1.38. The highest BCUT2D eigenvalue weighted by Gasteiger charge is 2.46. The van der Waals surface area contributed by atoms with Crippen LogP contribution in [-0.2, 0) is 4.79 Å². The van der Waals surface area contributed by atoms with Crippen LogP contribution in [0.3, 0.4) is 0 Å². The van der Waals surface area contributed by atoms with Gasteiger partial charge in [0.2, 0.25) is 0 Å². The van der Waals surface area contributed by atoms with Crippen LogP contribution >= 0.6 is 0 Å². The van der Waals surface area contributed by atoms with Crippen LogP contribution in [0.4, 0.5) is 13.2 Å². The lowest BCUT2D eigenvalue weighted by Gasteiger charge is -2.41. The van der Waals surface area contributed by atoms with Crippen molar-refractivity contribution in [2.45, 2.75) is 25.2 Å². The van der Waals surface area contributed by atoms with Gasteiger partial charge in [0, 0.05) is 25.2 Å². The standard InChI is InChI=1S/C8H13F3N2O2/c1-5(4-14)12-6-2-13(3-6)7(15)8(9,10)11/h5-6,12,14H,2-4H2,1H3. The minimum absolute atomic E-state index is 0.0443. The summed E-state index contributed by atoms with van der Waals surface area (Å²) in [7, 11) is 0. The van der Waals surface area contributed by atoms with Gasteiger partial charge >= 0.3 is 12.1 Å². The summed E-state index contributed by atoms with van der Waals surface area (Å²) >= 11 is 0. The maximum atomic E-state index is 11.9. The van der Waals surface area contributed by atoms with E-state index in [0.717, 1.165) is 4.90 Å². The second kappa shape index (κ2) is 4.36. The maximum absolute atomic E-state index is 11.9. The molecular formula is C8H13F3N2O2. The van der Waals surface area contributed by atoms with Crippen LogP contribution in [0, 0.1) is 0 Å². The number of nitrogens with zero attached hydrogens (tertiary/aromatic N) is 1. The van der Waals surface area contributed by atoms with Crippen LogP contribution in [0.5, 0.6) is 0 Å². The number of hydrogen-bond acceptors (Lipinski definition) is 3. The van der Waals surface area contributed by atoms with E-state index in [-0.39, 0.29) is 31.8 Å². The molecule has 1 amide bonds. The summed E-state index contributed by atoms with van der Waals surface area (Å²) in [5, 5.41) is 11.6. The van der Waals surface area contributed by atoms with E-state index in [0.29, 0.717) is 0 Å².